The van der Waals surface area contributed by atoms with Crippen LogP contribution >= 0.6 is 35.0 Å². The van der Waals surface area contributed by atoms with Crippen molar-refractivity contribution in [3.05, 3.63) is 32.3 Å². The van der Waals surface area contributed by atoms with Crippen LogP contribution in [0, 0.1) is 10.1 Å². The van der Waals surface area contributed by atoms with Crippen molar-refractivity contribution in [1.29, 1.82) is 0 Å². The van der Waals surface area contributed by atoms with Gasteiger partial charge in [-0.25, -0.2) is 0 Å². The SMILES string of the molecule is O=[N+]([O-])c1cc(Cl)c(SCCCO)c(Cl)c1. The Bertz CT molecular complexity index is 377. The van der Waals surface area contributed by atoms with E-state index in [1.165, 1.54) is 23.9 Å². The van der Waals surface area contributed by atoms with Crippen LogP contribution in [0.1, 0.15) is 6.42 Å². The molecule has 7 heteroatoms. The zero-order valence-corrected chi connectivity index (χ0v) is 10.5. The van der Waals surface area contributed by atoms with Crippen LogP contribution in [-0.4, -0.2) is 22.4 Å². The molecule has 0 aliphatic carbocycles. The second-order valence-electron chi connectivity index (χ2n) is 2.92. The predicted molar refractivity (Wildman–Crippen MR) is 65.5 cm³/mol. The van der Waals surface area contributed by atoms with Gasteiger partial charge in [0.1, 0.15) is 0 Å². The minimum absolute atomic E-state index is 0.0925. The van der Waals surface area contributed by atoms with Crippen LogP contribution in [0.3, 0.4) is 0 Å². The van der Waals surface area contributed by atoms with Crippen LogP contribution in [0.5, 0.6) is 0 Å². The largest absolute Gasteiger partial charge is 0.396 e. The second kappa shape index (κ2) is 6.30. The molecule has 0 heterocycles. The first-order chi connectivity index (χ1) is 7.56. The molecule has 1 N–H and O–H groups in total. The molecule has 0 bridgehead atoms. The number of aliphatic hydroxyl groups is 1. The summed E-state index contributed by atoms with van der Waals surface area (Å²) in [5.41, 5.74) is -0.124. The Kier molecular flexibility index (Phi) is 5.34. The Hall–Kier alpha value is -0.490. The number of thioether (sulfide) groups is 1. The van der Waals surface area contributed by atoms with Gasteiger partial charge in [0.05, 0.1) is 15.0 Å². The maximum absolute atomic E-state index is 10.5. The standard InChI is InChI=1S/C9H9Cl2NO3S/c10-7-4-6(12(14)15)5-8(11)9(7)16-3-1-2-13/h4-5,13H,1-3H2. The first kappa shape index (κ1) is 13.6. The van der Waals surface area contributed by atoms with E-state index >= 15 is 0 Å². The molecule has 0 aliphatic heterocycles. The monoisotopic (exact) mass is 281 g/mol. The lowest BCUT2D eigenvalue weighted by Crippen LogP contribution is -1.91. The Morgan fingerprint density at radius 1 is 1.38 bits per heavy atom. The van der Waals surface area contributed by atoms with E-state index in [0.29, 0.717) is 17.1 Å². The van der Waals surface area contributed by atoms with Gasteiger partial charge < -0.3 is 5.11 Å². The highest BCUT2D eigenvalue weighted by atomic mass is 35.5. The molecule has 0 aliphatic rings. The van der Waals surface area contributed by atoms with Gasteiger partial charge in [0.15, 0.2) is 0 Å². The van der Waals surface area contributed by atoms with E-state index in [9.17, 15) is 10.1 Å². The molecule has 1 aromatic carbocycles. The van der Waals surface area contributed by atoms with Crippen molar-refractivity contribution >= 4 is 40.7 Å². The third kappa shape index (κ3) is 3.52. The van der Waals surface area contributed by atoms with Gasteiger partial charge in [-0.2, -0.15) is 0 Å². The first-order valence-electron chi connectivity index (χ1n) is 4.43. The number of rotatable bonds is 5. The molecule has 0 spiro atoms. The molecule has 88 valence electrons. The molecule has 0 radical (unpaired) electrons. The van der Waals surface area contributed by atoms with Gasteiger partial charge in [-0.1, -0.05) is 23.2 Å². The topological polar surface area (TPSA) is 63.4 Å². The third-order valence-corrected chi connectivity index (χ3v) is 3.78. The molecule has 0 amide bonds. The molecule has 0 atom stereocenters. The fraction of sp³-hybridized carbons (Fsp3) is 0.333. The van der Waals surface area contributed by atoms with Gasteiger partial charge in [0.25, 0.3) is 5.69 Å². The summed E-state index contributed by atoms with van der Waals surface area (Å²) in [4.78, 5) is 10.6. The minimum Gasteiger partial charge on any atom is -0.396 e. The molecule has 4 nitrogen and oxygen atoms in total. The number of nitro groups is 1. The predicted octanol–water partition coefficient (Wildman–Crippen LogP) is 3.38. The second-order valence-corrected chi connectivity index (χ2v) is 4.84. The molecule has 16 heavy (non-hydrogen) atoms. The number of aliphatic hydroxyl groups excluding tert-OH is 1. The molecule has 1 rings (SSSR count). The maximum Gasteiger partial charge on any atom is 0.272 e. The Morgan fingerprint density at radius 3 is 2.38 bits per heavy atom. The third-order valence-electron chi connectivity index (χ3n) is 1.74. The van der Waals surface area contributed by atoms with E-state index in [4.69, 9.17) is 28.3 Å². The number of hydrogen-bond donors (Lipinski definition) is 1. The fourth-order valence-electron chi connectivity index (χ4n) is 1.03. The van der Waals surface area contributed by atoms with Crippen LogP contribution < -0.4 is 0 Å². The molecule has 0 fully saturated rings. The summed E-state index contributed by atoms with van der Waals surface area (Å²) < 4.78 is 0. The number of non-ortho nitro benzene ring substituents is 1. The minimum atomic E-state index is -0.542. The molecule has 0 aromatic heterocycles. The maximum atomic E-state index is 10.5. The van der Waals surface area contributed by atoms with Crippen LogP contribution in [0.2, 0.25) is 10.0 Å². The number of benzene rings is 1. The van der Waals surface area contributed by atoms with Crippen LogP contribution in [0.4, 0.5) is 5.69 Å². The van der Waals surface area contributed by atoms with Gasteiger partial charge in [-0.15, -0.1) is 11.8 Å². The Balaban J connectivity index is 2.89. The summed E-state index contributed by atoms with van der Waals surface area (Å²) in [6, 6.07) is 2.55. The van der Waals surface area contributed by atoms with Crippen molar-refractivity contribution in [2.75, 3.05) is 12.4 Å². The van der Waals surface area contributed by atoms with E-state index < -0.39 is 4.92 Å². The number of hydrogen-bond acceptors (Lipinski definition) is 4. The molecule has 0 saturated carbocycles. The Labute approximate surface area is 107 Å². The highest BCUT2D eigenvalue weighted by Gasteiger charge is 2.14. The van der Waals surface area contributed by atoms with Crippen molar-refractivity contribution in [3.63, 3.8) is 0 Å². The zero-order valence-electron chi connectivity index (χ0n) is 8.15. The zero-order chi connectivity index (χ0) is 12.1. The van der Waals surface area contributed by atoms with E-state index in [0.717, 1.165) is 0 Å². The molecule has 0 saturated heterocycles. The van der Waals surface area contributed by atoms with Crippen molar-refractivity contribution in [3.8, 4) is 0 Å². The normalized spacial score (nSPS) is 10.4. The molecule has 0 unspecified atom stereocenters. The molecular formula is C9H9Cl2NO3S. The van der Waals surface area contributed by atoms with Crippen molar-refractivity contribution in [2.24, 2.45) is 0 Å². The van der Waals surface area contributed by atoms with Gasteiger partial charge in [-0.05, 0) is 6.42 Å². The lowest BCUT2D eigenvalue weighted by atomic mass is 10.3. The van der Waals surface area contributed by atoms with Crippen molar-refractivity contribution in [2.45, 2.75) is 11.3 Å². The summed E-state index contributed by atoms with van der Waals surface area (Å²) in [6.45, 7) is 0.0925. The van der Waals surface area contributed by atoms with E-state index in [2.05, 4.69) is 0 Å². The van der Waals surface area contributed by atoms with Gasteiger partial charge in [0.2, 0.25) is 0 Å². The average molecular weight is 282 g/mol. The quantitative estimate of drug-likeness (QED) is 0.389. The summed E-state index contributed by atoms with van der Waals surface area (Å²) in [6.07, 6.45) is 0.619. The van der Waals surface area contributed by atoms with E-state index in [-0.39, 0.29) is 22.3 Å². The van der Waals surface area contributed by atoms with Crippen LogP contribution in [0.15, 0.2) is 17.0 Å². The number of nitro benzene ring substituents is 1. The van der Waals surface area contributed by atoms with E-state index in [1.807, 2.05) is 0 Å². The number of halogens is 2. The summed E-state index contributed by atoms with van der Waals surface area (Å²) in [7, 11) is 0. The molecule has 1 aromatic rings. The first-order valence-corrected chi connectivity index (χ1v) is 6.17. The van der Waals surface area contributed by atoms with Crippen LogP contribution in [0.25, 0.3) is 0 Å². The van der Waals surface area contributed by atoms with Gasteiger partial charge in [0, 0.05) is 29.4 Å². The average Bonchev–Trinajstić information content (AvgIpc) is 2.21. The summed E-state index contributed by atoms with van der Waals surface area (Å²) >= 11 is 13.1. The lowest BCUT2D eigenvalue weighted by molar-refractivity contribution is -0.384. The van der Waals surface area contributed by atoms with Gasteiger partial charge in [-0.3, -0.25) is 10.1 Å². The number of nitrogens with zero attached hydrogens (tertiary/aromatic N) is 1. The fourth-order valence-corrected chi connectivity index (χ4v) is 2.70. The highest BCUT2D eigenvalue weighted by molar-refractivity contribution is 7.99. The van der Waals surface area contributed by atoms with Gasteiger partial charge >= 0.3 is 0 Å². The lowest BCUT2D eigenvalue weighted by Gasteiger charge is -2.05. The molecular weight excluding hydrogens is 273 g/mol. The van der Waals surface area contributed by atoms with Crippen LogP contribution in [-0.2, 0) is 0 Å². The summed E-state index contributed by atoms with van der Waals surface area (Å²) in [5, 5.41) is 19.7. The Morgan fingerprint density at radius 2 is 1.94 bits per heavy atom. The highest BCUT2D eigenvalue weighted by Crippen LogP contribution is 2.37. The van der Waals surface area contributed by atoms with Crippen molar-refractivity contribution < 1.29 is 10.0 Å². The van der Waals surface area contributed by atoms with E-state index in [1.54, 1.807) is 0 Å². The summed E-state index contributed by atoms with van der Waals surface area (Å²) in [5.74, 6) is 0.660. The van der Waals surface area contributed by atoms with Crippen molar-refractivity contribution in [1.82, 2.24) is 0 Å². The smallest absolute Gasteiger partial charge is 0.272 e.